The van der Waals surface area contributed by atoms with E-state index in [9.17, 15) is 0 Å². The van der Waals surface area contributed by atoms with E-state index in [2.05, 4.69) is 56.3 Å². The van der Waals surface area contributed by atoms with Crippen molar-refractivity contribution in [2.24, 2.45) is 0 Å². The molecule has 0 heterocycles. The van der Waals surface area contributed by atoms with Crippen molar-refractivity contribution < 1.29 is 4.74 Å². The van der Waals surface area contributed by atoms with Gasteiger partial charge in [0.1, 0.15) is 12.5 Å². The molecule has 0 fully saturated rings. The van der Waals surface area contributed by atoms with Gasteiger partial charge in [-0.2, -0.15) is 0 Å². The van der Waals surface area contributed by atoms with E-state index in [1.54, 1.807) is 0 Å². The Morgan fingerprint density at radius 2 is 1.55 bits per heavy atom. The van der Waals surface area contributed by atoms with Crippen molar-refractivity contribution in [3.63, 3.8) is 0 Å². The van der Waals surface area contributed by atoms with E-state index < -0.39 is 0 Å². The number of hydrogen-bond acceptors (Lipinski definition) is 1. The Labute approximate surface area is 123 Å². The van der Waals surface area contributed by atoms with Gasteiger partial charge in [0.2, 0.25) is 0 Å². The van der Waals surface area contributed by atoms with Crippen LogP contribution >= 0.6 is 0 Å². The first kappa shape index (κ1) is 15.0. The zero-order valence-corrected chi connectivity index (χ0v) is 12.8. The van der Waals surface area contributed by atoms with Crippen LogP contribution < -0.4 is 4.74 Å². The Kier molecular flexibility index (Phi) is 5.98. The molecule has 106 valence electrons. The van der Waals surface area contributed by atoms with Crippen LogP contribution in [-0.2, 0) is 0 Å². The molecule has 1 nitrogen and oxygen atoms in total. The van der Waals surface area contributed by atoms with Crippen molar-refractivity contribution in [1.82, 2.24) is 0 Å². The van der Waals surface area contributed by atoms with Gasteiger partial charge in [-0.25, -0.2) is 0 Å². The van der Waals surface area contributed by atoms with Gasteiger partial charge in [0, 0.05) is 5.39 Å². The summed E-state index contributed by atoms with van der Waals surface area (Å²) >= 11 is 0. The summed E-state index contributed by atoms with van der Waals surface area (Å²) in [6, 6.07) is 14.7. The van der Waals surface area contributed by atoms with Gasteiger partial charge in [-0.1, -0.05) is 75.7 Å². The van der Waals surface area contributed by atoms with Gasteiger partial charge in [0.05, 0.1) is 6.61 Å². The van der Waals surface area contributed by atoms with E-state index in [0.29, 0.717) is 0 Å². The lowest BCUT2D eigenvalue weighted by Crippen LogP contribution is -2.15. The predicted molar refractivity (Wildman–Crippen MR) is 90.2 cm³/mol. The van der Waals surface area contributed by atoms with Crippen molar-refractivity contribution in [1.29, 1.82) is 0 Å². The van der Waals surface area contributed by atoms with E-state index in [1.807, 2.05) is 0 Å². The largest absolute Gasteiger partial charge is 0.494 e. The highest BCUT2D eigenvalue weighted by Gasteiger charge is 2.11. The van der Waals surface area contributed by atoms with Gasteiger partial charge in [-0.15, -0.1) is 0 Å². The third-order valence-electron chi connectivity index (χ3n) is 3.93. The summed E-state index contributed by atoms with van der Waals surface area (Å²) < 4.78 is 6.04. The molecule has 2 rings (SSSR count). The number of hydrogen-bond donors (Lipinski definition) is 0. The second-order valence-electron chi connectivity index (χ2n) is 5.56. The molecule has 0 atom stereocenters. The maximum Gasteiger partial charge on any atom is 0.143 e. The van der Waals surface area contributed by atoms with Crippen molar-refractivity contribution in [2.45, 2.75) is 45.6 Å². The topological polar surface area (TPSA) is 9.23 Å². The normalized spacial score (nSPS) is 10.7. The van der Waals surface area contributed by atoms with E-state index >= 15 is 0 Å². The summed E-state index contributed by atoms with van der Waals surface area (Å²) in [6.45, 7) is 6.20. The Morgan fingerprint density at radius 1 is 0.850 bits per heavy atom. The van der Waals surface area contributed by atoms with E-state index in [1.165, 1.54) is 42.6 Å². The summed E-state index contributed by atoms with van der Waals surface area (Å²) in [5.74, 6) is 1.02. The van der Waals surface area contributed by atoms with E-state index in [-0.39, 0.29) is 0 Å². The summed E-state index contributed by atoms with van der Waals surface area (Å²) in [5, 5.41) is 2.47. The smallest absolute Gasteiger partial charge is 0.143 e. The molecule has 0 N–H and O–H groups in total. The minimum atomic E-state index is 0.819. The quantitative estimate of drug-likeness (QED) is 0.571. The molecule has 2 aromatic carbocycles. The van der Waals surface area contributed by atoms with Gasteiger partial charge < -0.3 is 4.74 Å². The SMILES string of the molecule is CCCB(CCC)CCOc1cccc2ccccc12. The molecule has 0 aromatic heterocycles. The van der Waals surface area contributed by atoms with Gasteiger partial charge in [-0.05, 0) is 17.8 Å². The predicted octanol–water partition coefficient (Wildman–Crippen LogP) is 5.53. The zero-order chi connectivity index (χ0) is 14.2. The molecule has 0 aliphatic carbocycles. The molecule has 0 spiro atoms. The summed E-state index contributed by atoms with van der Waals surface area (Å²) in [4.78, 5) is 0. The molecule has 2 heteroatoms. The first-order chi connectivity index (χ1) is 9.85. The molecule has 0 radical (unpaired) electrons. The lowest BCUT2D eigenvalue weighted by atomic mass is 9.42. The summed E-state index contributed by atoms with van der Waals surface area (Å²) in [6.07, 6.45) is 6.38. The third-order valence-corrected chi connectivity index (χ3v) is 3.93. The van der Waals surface area contributed by atoms with Gasteiger partial charge in [0.25, 0.3) is 0 Å². The molecule has 0 saturated heterocycles. The monoisotopic (exact) mass is 268 g/mol. The minimum Gasteiger partial charge on any atom is -0.494 e. The fourth-order valence-corrected chi connectivity index (χ4v) is 2.91. The van der Waals surface area contributed by atoms with Crippen LogP contribution in [0.15, 0.2) is 42.5 Å². The number of ether oxygens (including phenoxy) is 1. The highest BCUT2D eigenvalue weighted by Crippen LogP contribution is 2.25. The Hall–Kier alpha value is -1.44. The fourth-order valence-electron chi connectivity index (χ4n) is 2.91. The molecule has 0 unspecified atom stereocenters. The highest BCUT2D eigenvalue weighted by molar-refractivity contribution is 6.58. The molecular weight excluding hydrogens is 243 g/mol. The lowest BCUT2D eigenvalue weighted by molar-refractivity contribution is 0.342. The van der Waals surface area contributed by atoms with Crippen molar-refractivity contribution >= 4 is 17.5 Å². The molecular formula is C18H25BO. The third kappa shape index (κ3) is 4.03. The van der Waals surface area contributed by atoms with E-state index in [4.69, 9.17) is 4.74 Å². The van der Waals surface area contributed by atoms with Gasteiger partial charge in [-0.3, -0.25) is 0 Å². The lowest BCUT2D eigenvalue weighted by Gasteiger charge is -2.13. The van der Waals surface area contributed by atoms with Crippen LogP contribution in [0.25, 0.3) is 10.8 Å². The molecule has 0 aliphatic heterocycles. The van der Waals surface area contributed by atoms with Crippen molar-refractivity contribution in [3.05, 3.63) is 42.5 Å². The molecule has 2 aromatic rings. The molecule has 0 saturated carbocycles. The molecule has 0 bridgehead atoms. The maximum absolute atomic E-state index is 6.04. The number of fused-ring (bicyclic) bond motifs is 1. The molecule has 20 heavy (non-hydrogen) atoms. The average molecular weight is 268 g/mol. The van der Waals surface area contributed by atoms with Crippen molar-refractivity contribution in [3.8, 4) is 5.75 Å². The van der Waals surface area contributed by atoms with Crippen LogP contribution in [0.4, 0.5) is 0 Å². The average Bonchev–Trinajstić information content (AvgIpc) is 2.48. The first-order valence-electron chi connectivity index (χ1n) is 7.95. The van der Waals surface area contributed by atoms with Crippen LogP contribution in [0.5, 0.6) is 5.75 Å². The molecule has 0 amide bonds. The molecule has 0 aliphatic rings. The standard InChI is InChI=1S/C18H25BO/c1-3-12-19(13-4-2)14-15-20-18-11-7-9-16-8-5-6-10-17(16)18/h5-11H,3-4,12-15H2,1-2H3. The Morgan fingerprint density at radius 3 is 2.30 bits per heavy atom. The second-order valence-corrected chi connectivity index (χ2v) is 5.56. The second kappa shape index (κ2) is 7.99. The van der Waals surface area contributed by atoms with Crippen LogP contribution in [0, 0.1) is 0 Å². The van der Waals surface area contributed by atoms with Crippen LogP contribution in [-0.4, -0.2) is 13.3 Å². The van der Waals surface area contributed by atoms with Crippen LogP contribution in [0.3, 0.4) is 0 Å². The summed E-state index contributed by atoms with van der Waals surface area (Å²) in [7, 11) is 0. The van der Waals surface area contributed by atoms with Gasteiger partial charge >= 0.3 is 0 Å². The van der Waals surface area contributed by atoms with Crippen molar-refractivity contribution in [2.75, 3.05) is 6.61 Å². The summed E-state index contributed by atoms with van der Waals surface area (Å²) in [5.41, 5.74) is 0. The van der Waals surface area contributed by atoms with Gasteiger partial charge in [0.15, 0.2) is 0 Å². The number of benzene rings is 2. The van der Waals surface area contributed by atoms with Crippen LogP contribution in [0.1, 0.15) is 26.7 Å². The van der Waals surface area contributed by atoms with Crippen LogP contribution in [0.2, 0.25) is 19.0 Å². The first-order valence-corrected chi connectivity index (χ1v) is 7.95. The minimum absolute atomic E-state index is 0.819. The van der Waals surface area contributed by atoms with E-state index in [0.717, 1.165) is 19.1 Å². The Bertz CT molecular complexity index is 512. The number of rotatable bonds is 8. The maximum atomic E-state index is 6.04. The Balaban J connectivity index is 1.95. The zero-order valence-electron chi connectivity index (χ0n) is 12.8. The highest BCUT2D eigenvalue weighted by atomic mass is 16.5. The fraction of sp³-hybridized carbons (Fsp3) is 0.444.